The van der Waals surface area contributed by atoms with Gasteiger partial charge in [-0.2, -0.15) is 0 Å². The lowest BCUT2D eigenvalue weighted by Gasteiger charge is -2.32. The summed E-state index contributed by atoms with van der Waals surface area (Å²) in [6.45, 7) is 6.08. The average molecular weight is 270 g/mol. The maximum absolute atomic E-state index is 11.3. The van der Waals surface area contributed by atoms with Crippen LogP contribution in [0.5, 0.6) is 0 Å². The third kappa shape index (κ3) is 2.06. The summed E-state index contributed by atoms with van der Waals surface area (Å²) in [4.78, 5) is 15.8. The molecule has 1 aromatic heterocycles. The van der Waals surface area contributed by atoms with Gasteiger partial charge in [-0.25, -0.2) is 0 Å². The van der Waals surface area contributed by atoms with Crippen molar-refractivity contribution in [1.82, 2.24) is 10.3 Å². The summed E-state index contributed by atoms with van der Waals surface area (Å²) in [5.74, 6) is -0.261. The zero-order valence-corrected chi connectivity index (χ0v) is 11.9. The Hall–Kier alpha value is -1.94. The van der Waals surface area contributed by atoms with Gasteiger partial charge in [0.15, 0.2) is 0 Å². The van der Waals surface area contributed by atoms with Crippen molar-refractivity contribution in [2.75, 3.05) is 0 Å². The SMILES string of the molecule is CC(=O)OC(C)(C)C1NCc2cnc3ccccc3c21. The number of rotatable bonds is 2. The van der Waals surface area contributed by atoms with Crippen LogP contribution >= 0.6 is 0 Å². The van der Waals surface area contributed by atoms with Crippen molar-refractivity contribution in [3.8, 4) is 0 Å². The summed E-state index contributed by atoms with van der Waals surface area (Å²) in [5.41, 5.74) is 2.75. The highest BCUT2D eigenvalue weighted by Gasteiger charge is 2.39. The first-order chi connectivity index (χ1) is 9.49. The van der Waals surface area contributed by atoms with Crippen LogP contribution in [-0.4, -0.2) is 16.6 Å². The van der Waals surface area contributed by atoms with E-state index in [0.29, 0.717) is 0 Å². The number of ether oxygens (including phenoxy) is 1. The summed E-state index contributed by atoms with van der Waals surface area (Å²) >= 11 is 0. The molecule has 2 aromatic rings. The van der Waals surface area contributed by atoms with Crippen molar-refractivity contribution < 1.29 is 9.53 Å². The fourth-order valence-corrected chi connectivity index (χ4v) is 3.02. The summed E-state index contributed by atoms with van der Waals surface area (Å²) in [7, 11) is 0. The molecule has 1 unspecified atom stereocenters. The molecule has 0 fully saturated rings. The number of hydrogen-bond donors (Lipinski definition) is 1. The highest BCUT2D eigenvalue weighted by molar-refractivity contribution is 5.84. The monoisotopic (exact) mass is 270 g/mol. The molecular formula is C16H18N2O2. The van der Waals surface area contributed by atoms with Crippen LogP contribution in [0.3, 0.4) is 0 Å². The Bertz CT molecular complexity index is 679. The maximum atomic E-state index is 11.3. The van der Waals surface area contributed by atoms with Crippen LogP contribution in [0.2, 0.25) is 0 Å². The van der Waals surface area contributed by atoms with Crippen molar-refractivity contribution in [1.29, 1.82) is 0 Å². The number of carbonyl (C=O) groups excluding carboxylic acids is 1. The van der Waals surface area contributed by atoms with E-state index in [2.05, 4.69) is 16.4 Å². The van der Waals surface area contributed by atoms with E-state index >= 15 is 0 Å². The topological polar surface area (TPSA) is 51.2 Å². The Morgan fingerprint density at radius 1 is 1.40 bits per heavy atom. The van der Waals surface area contributed by atoms with Crippen LogP contribution in [0, 0.1) is 0 Å². The van der Waals surface area contributed by atoms with Gasteiger partial charge in [-0.05, 0) is 31.0 Å². The van der Waals surface area contributed by atoms with Gasteiger partial charge in [-0.1, -0.05) is 18.2 Å². The molecule has 20 heavy (non-hydrogen) atoms. The Kier molecular flexibility index (Phi) is 2.98. The molecule has 4 nitrogen and oxygen atoms in total. The molecule has 0 amide bonds. The first-order valence-electron chi connectivity index (χ1n) is 6.78. The van der Waals surface area contributed by atoms with Gasteiger partial charge in [0.05, 0.1) is 11.6 Å². The minimum Gasteiger partial charge on any atom is -0.458 e. The van der Waals surface area contributed by atoms with E-state index in [0.717, 1.165) is 17.4 Å². The van der Waals surface area contributed by atoms with Gasteiger partial charge in [0.1, 0.15) is 5.60 Å². The molecule has 0 spiro atoms. The molecule has 0 bridgehead atoms. The number of carbonyl (C=O) groups is 1. The van der Waals surface area contributed by atoms with Crippen LogP contribution in [0.4, 0.5) is 0 Å². The predicted molar refractivity (Wildman–Crippen MR) is 77.2 cm³/mol. The molecule has 3 rings (SSSR count). The minimum absolute atomic E-state index is 0.0192. The highest BCUT2D eigenvalue weighted by Crippen LogP contribution is 2.39. The molecule has 1 atom stereocenters. The molecule has 1 aliphatic rings. The largest absolute Gasteiger partial charge is 0.458 e. The zero-order chi connectivity index (χ0) is 14.3. The lowest BCUT2D eigenvalue weighted by molar-refractivity contribution is -0.156. The van der Waals surface area contributed by atoms with Gasteiger partial charge >= 0.3 is 5.97 Å². The van der Waals surface area contributed by atoms with Crippen molar-refractivity contribution in [3.05, 3.63) is 41.6 Å². The number of pyridine rings is 1. The predicted octanol–water partition coefficient (Wildman–Crippen LogP) is 2.72. The van der Waals surface area contributed by atoms with E-state index in [1.54, 1.807) is 0 Å². The fourth-order valence-electron chi connectivity index (χ4n) is 3.02. The van der Waals surface area contributed by atoms with Crippen LogP contribution in [-0.2, 0) is 16.1 Å². The van der Waals surface area contributed by atoms with Crippen molar-refractivity contribution in [2.24, 2.45) is 0 Å². The Morgan fingerprint density at radius 2 is 2.15 bits per heavy atom. The molecule has 1 aliphatic heterocycles. The van der Waals surface area contributed by atoms with Crippen LogP contribution in [0.15, 0.2) is 30.5 Å². The van der Waals surface area contributed by atoms with Gasteiger partial charge < -0.3 is 10.1 Å². The minimum atomic E-state index is -0.596. The standard InChI is InChI=1S/C16H18N2O2/c1-10(19)20-16(2,3)15-14-11(9-18-15)8-17-13-7-5-4-6-12(13)14/h4-8,15,18H,9H2,1-3H3. The lowest BCUT2D eigenvalue weighted by Crippen LogP contribution is -2.39. The molecular weight excluding hydrogens is 252 g/mol. The first-order valence-corrected chi connectivity index (χ1v) is 6.78. The van der Waals surface area contributed by atoms with E-state index in [1.807, 2.05) is 38.2 Å². The third-order valence-electron chi connectivity index (χ3n) is 3.79. The zero-order valence-electron chi connectivity index (χ0n) is 11.9. The quantitative estimate of drug-likeness (QED) is 0.852. The molecule has 104 valence electrons. The van der Waals surface area contributed by atoms with Crippen LogP contribution in [0.25, 0.3) is 10.9 Å². The number of fused-ring (bicyclic) bond motifs is 3. The molecule has 0 radical (unpaired) electrons. The van der Waals surface area contributed by atoms with Gasteiger partial charge in [-0.3, -0.25) is 9.78 Å². The second-order valence-electron chi connectivity index (χ2n) is 5.73. The molecule has 2 heterocycles. The number of esters is 1. The summed E-state index contributed by atoms with van der Waals surface area (Å²) < 4.78 is 5.51. The smallest absolute Gasteiger partial charge is 0.303 e. The van der Waals surface area contributed by atoms with Gasteiger partial charge in [0.2, 0.25) is 0 Å². The number of aromatic nitrogens is 1. The number of benzene rings is 1. The normalized spacial score (nSPS) is 18.1. The lowest BCUT2D eigenvalue weighted by atomic mass is 9.90. The van der Waals surface area contributed by atoms with Gasteiger partial charge in [-0.15, -0.1) is 0 Å². The molecule has 4 heteroatoms. The molecule has 0 saturated carbocycles. The molecule has 1 aromatic carbocycles. The fraction of sp³-hybridized carbons (Fsp3) is 0.375. The molecule has 1 N–H and O–H groups in total. The number of para-hydroxylation sites is 1. The maximum Gasteiger partial charge on any atom is 0.303 e. The van der Waals surface area contributed by atoms with Crippen molar-refractivity contribution in [3.63, 3.8) is 0 Å². The van der Waals surface area contributed by atoms with Gasteiger partial charge in [0, 0.05) is 25.1 Å². The van der Waals surface area contributed by atoms with Crippen molar-refractivity contribution in [2.45, 2.75) is 39.0 Å². The van der Waals surface area contributed by atoms with E-state index in [1.165, 1.54) is 18.1 Å². The summed E-state index contributed by atoms with van der Waals surface area (Å²) in [6.07, 6.45) is 1.91. The number of nitrogens with one attached hydrogen (secondary N) is 1. The Balaban J connectivity index is 2.13. The first kappa shape index (κ1) is 13.1. The summed E-state index contributed by atoms with van der Waals surface area (Å²) in [6, 6.07) is 8.05. The van der Waals surface area contributed by atoms with E-state index in [4.69, 9.17) is 4.74 Å². The van der Waals surface area contributed by atoms with Crippen molar-refractivity contribution >= 4 is 16.9 Å². The molecule has 0 saturated heterocycles. The average Bonchev–Trinajstić information content (AvgIpc) is 2.82. The van der Waals surface area contributed by atoms with Gasteiger partial charge in [0.25, 0.3) is 0 Å². The van der Waals surface area contributed by atoms with E-state index in [-0.39, 0.29) is 12.0 Å². The Morgan fingerprint density at radius 3 is 2.90 bits per heavy atom. The molecule has 0 aliphatic carbocycles. The van der Waals surface area contributed by atoms with E-state index < -0.39 is 5.60 Å². The third-order valence-corrected chi connectivity index (χ3v) is 3.79. The Labute approximate surface area is 118 Å². The highest BCUT2D eigenvalue weighted by atomic mass is 16.6. The van der Waals surface area contributed by atoms with Crippen LogP contribution in [0.1, 0.15) is 37.9 Å². The van der Waals surface area contributed by atoms with Crippen LogP contribution < -0.4 is 5.32 Å². The number of hydrogen-bond acceptors (Lipinski definition) is 4. The van der Waals surface area contributed by atoms with E-state index in [9.17, 15) is 4.79 Å². The second-order valence-corrected chi connectivity index (χ2v) is 5.73. The second kappa shape index (κ2) is 4.56. The summed E-state index contributed by atoms with van der Waals surface area (Å²) in [5, 5.41) is 4.57. The number of nitrogens with zero attached hydrogens (tertiary/aromatic N) is 1.